The van der Waals surface area contributed by atoms with E-state index in [0.717, 1.165) is 5.57 Å². The number of carbonyl (C=O) groups excluding carboxylic acids is 4. The summed E-state index contributed by atoms with van der Waals surface area (Å²) in [6.07, 6.45) is 5.89. The zero-order valence-corrected chi connectivity index (χ0v) is 25.1. The van der Waals surface area contributed by atoms with E-state index in [0.29, 0.717) is 6.42 Å². The van der Waals surface area contributed by atoms with Gasteiger partial charge in [-0.2, -0.15) is 0 Å². The van der Waals surface area contributed by atoms with Gasteiger partial charge in [-0.05, 0) is 82.4 Å². The zero-order valence-electron chi connectivity index (χ0n) is 25.1. The number of esters is 1. The van der Waals surface area contributed by atoms with Crippen LogP contribution in [0.4, 0.5) is 0 Å². The van der Waals surface area contributed by atoms with E-state index in [1.165, 1.54) is 32.1 Å². The highest BCUT2D eigenvalue weighted by Gasteiger charge is 2.74. The highest BCUT2D eigenvalue weighted by molar-refractivity contribution is 6.02. The van der Waals surface area contributed by atoms with E-state index >= 15 is 0 Å². The summed E-state index contributed by atoms with van der Waals surface area (Å²) in [4.78, 5) is 52.0. The molecular formula is C32H44O8. The van der Waals surface area contributed by atoms with Crippen LogP contribution < -0.4 is 0 Å². The Labute approximate surface area is 236 Å². The highest BCUT2D eigenvalue weighted by atomic mass is 16.6. The van der Waals surface area contributed by atoms with E-state index < -0.39 is 62.6 Å². The molecule has 40 heavy (non-hydrogen) atoms. The van der Waals surface area contributed by atoms with Crippen LogP contribution in [-0.2, 0) is 23.9 Å². The molecule has 8 heteroatoms. The highest BCUT2D eigenvalue weighted by Crippen LogP contribution is 2.73. The molecule has 4 aliphatic rings. The number of Topliss-reactive ketones (excluding diaryl/α,β-unsaturated/α-hetero) is 2. The summed E-state index contributed by atoms with van der Waals surface area (Å²) >= 11 is 0. The monoisotopic (exact) mass is 556 g/mol. The molecule has 2 saturated carbocycles. The fourth-order valence-electron chi connectivity index (χ4n) is 8.98. The van der Waals surface area contributed by atoms with Gasteiger partial charge in [-0.25, -0.2) is 0 Å². The quantitative estimate of drug-likeness (QED) is 0.260. The molecule has 0 spiro atoms. The molecule has 8 nitrogen and oxygen atoms in total. The third-order valence-electron chi connectivity index (χ3n) is 11.2. The Balaban J connectivity index is 1.76. The van der Waals surface area contributed by atoms with Gasteiger partial charge in [-0.3, -0.25) is 19.2 Å². The van der Waals surface area contributed by atoms with Gasteiger partial charge in [0.25, 0.3) is 0 Å². The molecule has 0 aromatic carbocycles. The van der Waals surface area contributed by atoms with E-state index in [9.17, 15) is 34.5 Å². The second-order valence-corrected chi connectivity index (χ2v) is 14.4. The van der Waals surface area contributed by atoms with E-state index in [1.54, 1.807) is 27.7 Å². The second kappa shape index (κ2) is 8.96. The lowest BCUT2D eigenvalue weighted by atomic mass is 9.39. The molecule has 4 aliphatic carbocycles. The Morgan fingerprint density at radius 3 is 2.25 bits per heavy atom. The van der Waals surface area contributed by atoms with Crippen molar-refractivity contribution in [2.24, 2.45) is 39.4 Å². The van der Waals surface area contributed by atoms with Crippen LogP contribution in [0.25, 0.3) is 0 Å². The van der Waals surface area contributed by atoms with Crippen molar-refractivity contribution in [3.05, 3.63) is 35.6 Å². The van der Waals surface area contributed by atoms with Crippen molar-refractivity contribution in [3.8, 4) is 0 Å². The number of ketones is 3. The maximum Gasteiger partial charge on any atom is 0.303 e. The van der Waals surface area contributed by atoms with Crippen LogP contribution in [0.15, 0.2) is 35.6 Å². The molecule has 0 aromatic rings. The maximum atomic E-state index is 14.3. The molecule has 0 aliphatic heterocycles. The van der Waals surface area contributed by atoms with Gasteiger partial charge in [0.2, 0.25) is 5.78 Å². The van der Waals surface area contributed by atoms with Crippen molar-refractivity contribution in [2.75, 3.05) is 0 Å². The van der Waals surface area contributed by atoms with Crippen molar-refractivity contribution < 1.29 is 39.2 Å². The standard InChI is InChI=1S/C32H44O8/c1-17(33)40-27(2,3)13-12-23(36)32(9,39)25-21(35)15-29(6)22-11-10-18-19(14-20(34)26(38)28(18,4)5)31(22,8)24(37)16-30(25,29)7/h10,12-14,19,21-22,25,34-35,39H,11,15-16H2,1-9H3/b13-12+/t19-,21-,22-,25-,29-,30+,31+,32+/m0/s1. The predicted octanol–water partition coefficient (Wildman–Crippen LogP) is 4.19. The Hall–Kier alpha value is -2.58. The van der Waals surface area contributed by atoms with E-state index in [4.69, 9.17) is 4.74 Å². The normalized spacial score (nSPS) is 40.4. The first-order chi connectivity index (χ1) is 18.1. The number of fused-ring (bicyclic) bond motifs is 5. The van der Waals surface area contributed by atoms with Crippen LogP contribution in [0.5, 0.6) is 0 Å². The summed E-state index contributed by atoms with van der Waals surface area (Å²) in [5.41, 5.74) is -5.72. The maximum absolute atomic E-state index is 14.3. The molecule has 8 atom stereocenters. The Bertz CT molecular complexity index is 1270. The number of aliphatic hydroxyl groups is 3. The number of allylic oxidation sites excluding steroid dienone is 4. The number of aliphatic hydroxyl groups excluding tert-OH is 2. The van der Waals surface area contributed by atoms with Gasteiger partial charge in [-0.1, -0.05) is 32.4 Å². The second-order valence-electron chi connectivity index (χ2n) is 14.4. The summed E-state index contributed by atoms with van der Waals surface area (Å²) in [5.74, 6) is -3.61. The fourth-order valence-corrected chi connectivity index (χ4v) is 8.98. The third kappa shape index (κ3) is 4.00. The lowest BCUT2D eigenvalue weighted by Gasteiger charge is -2.63. The molecule has 4 rings (SSSR count). The first-order valence-electron chi connectivity index (χ1n) is 14.1. The van der Waals surface area contributed by atoms with Crippen LogP contribution in [0, 0.1) is 39.4 Å². The average Bonchev–Trinajstić information content (AvgIpc) is 3.01. The van der Waals surface area contributed by atoms with Crippen molar-refractivity contribution in [3.63, 3.8) is 0 Å². The number of rotatable bonds is 5. The minimum absolute atomic E-state index is 0.0249. The molecule has 2 fully saturated rings. The lowest BCUT2D eigenvalue weighted by Crippen LogP contribution is -2.64. The Morgan fingerprint density at radius 1 is 1.07 bits per heavy atom. The average molecular weight is 557 g/mol. The minimum Gasteiger partial charge on any atom is -0.505 e. The Kier molecular flexibility index (Phi) is 6.80. The molecule has 0 saturated heterocycles. The summed E-state index contributed by atoms with van der Waals surface area (Å²) in [6, 6.07) is 0. The molecular weight excluding hydrogens is 512 g/mol. The summed E-state index contributed by atoms with van der Waals surface area (Å²) in [5, 5.41) is 33.8. The molecule has 3 N–H and O–H groups in total. The van der Waals surface area contributed by atoms with Gasteiger partial charge in [0, 0.05) is 30.6 Å². The van der Waals surface area contributed by atoms with E-state index in [-0.39, 0.29) is 36.1 Å². The Morgan fingerprint density at radius 2 is 1.68 bits per heavy atom. The molecule has 220 valence electrons. The number of ether oxygens (including phenoxy) is 1. The number of hydrogen-bond acceptors (Lipinski definition) is 8. The summed E-state index contributed by atoms with van der Waals surface area (Å²) in [6.45, 7) is 15.3. The molecule has 0 radical (unpaired) electrons. The SMILES string of the molecule is CC(=O)OC(C)(C)/C=C/C(=O)[C@@](C)(O)[C@H]1[C@@H](O)C[C@@]2(C)[C@@H]3CC=C4[C@H](C=C(O)C(=O)C4(C)C)[C@@]3(C)C(=O)C[C@]12C. The first kappa shape index (κ1) is 30.4. The van der Waals surface area contributed by atoms with Gasteiger partial charge in [0.1, 0.15) is 17.0 Å². The van der Waals surface area contributed by atoms with Crippen molar-refractivity contribution in [1.82, 2.24) is 0 Å². The predicted molar refractivity (Wildman–Crippen MR) is 148 cm³/mol. The fraction of sp³-hybridized carbons (Fsp3) is 0.688. The van der Waals surface area contributed by atoms with Gasteiger partial charge in [0.15, 0.2) is 11.5 Å². The van der Waals surface area contributed by atoms with Crippen LogP contribution >= 0.6 is 0 Å². The molecule has 0 bridgehead atoms. The van der Waals surface area contributed by atoms with Crippen LogP contribution in [0.3, 0.4) is 0 Å². The van der Waals surface area contributed by atoms with E-state index in [1.807, 2.05) is 26.8 Å². The molecule has 0 heterocycles. The minimum atomic E-state index is -2.00. The smallest absolute Gasteiger partial charge is 0.303 e. The van der Waals surface area contributed by atoms with E-state index in [2.05, 4.69) is 0 Å². The molecule has 0 aromatic heterocycles. The largest absolute Gasteiger partial charge is 0.505 e. The van der Waals surface area contributed by atoms with Gasteiger partial charge < -0.3 is 20.1 Å². The van der Waals surface area contributed by atoms with Crippen LogP contribution in [-0.4, -0.2) is 55.9 Å². The molecule has 0 unspecified atom stereocenters. The molecule has 0 amide bonds. The van der Waals surface area contributed by atoms with Gasteiger partial charge in [0.05, 0.1) is 11.5 Å². The first-order valence-corrected chi connectivity index (χ1v) is 14.1. The lowest BCUT2D eigenvalue weighted by molar-refractivity contribution is -0.179. The van der Waals surface area contributed by atoms with Gasteiger partial charge >= 0.3 is 5.97 Å². The van der Waals surface area contributed by atoms with Gasteiger partial charge in [-0.15, -0.1) is 0 Å². The zero-order chi connectivity index (χ0) is 30.4. The topological polar surface area (TPSA) is 138 Å². The summed E-state index contributed by atoms with van der Waals surface area (Å²) in [7, 11) is 0. The van der Waals surface area contributed by atoms with Crippen molar-refractivity contribution >= 4 is 23.3 Å². The van der Waals surface area contributed by atoms with Crippen LogP contribution in [0.1, 0.15) is 81.6 Å². The number of hydrogen-bond donors (Lipinski definition) is 3. The number of carbonyl (C=O) groups is 4. The van der Waals surface area contributed by atoms with Crippen molar-refractivity contribution in [1.29, 1.82) is 0 Å². The van der Waals surface area contributed by atoms with Crippen LogP contribution in [0.2, 0.25) is 0 Å². The third-order valence-corrected chi connectivity index (χ3v) is 11.2. The van der Waals surface area contributed by atoms with Crippen molar-refractivity contribution in [2.45, 2.75) is 98.9 Å². The summed E-state index contributed by atoms with van der Waals surface area (Å²) < 4.78 is 5.22.